The second-order valence-electron chi connectivity index (χ2n) is 14.2. The van der Waals surface area contributed by atoms with E-state index in [9.17, 15) is 5.11 Å². The number of carbonyl (C=O) groups excluding carboxylic acids is 1. The van der Waals surface area contributed by atoms with Crippen molar-refractivity contribution >= 4 is 70.0 Å². The van der Waals surface area contributed by atoms with Gasteiger partial charge in [0.15, 0.2) is 5.60 Å². The number of hydrogen-bond acceptors (Lipinski definition) is 6. The molecule has 5 atom stereocenters. The topological polar surface area (TPSA) is 89.7 Å². The van der Waals surface area contributed by atoms with E-state index >= 15 is 4.79 Å². The lowest BCUT2D eigenvalue weighted by molar-refractivity contribution is -0.146. The first-order chi connectivity index (χ1) is 24.6. The van der Waals surface area contributed by atoms with E-state index in [0.717, 1.165) is 41.0 Å². The molecule has 0 bridgehead atoms. The van der Waals surface area contributed by atoms with E-state index in [1.165, 1.54) is 5.19 Å². The van der Waals surface area contributed by atoms with Gasteiger partial charge >= 0.3 is 0 Å². The van der Waals surface area contributed by atoms with Gasteiger partial charge < -0.3 is 19.5 Å². The maximum absolute atomic E-state index is 15.1. The molecule has 5 aromatic rings. The van der Waals surface area contributed by atoms with Gasteiger partial charge in [-0.05, 0) is 111 Å². The molecular weight excluding hydrogens is 882 g/mol. The third-order valence-corrected chi connectivity index (χ3v) is 16.7. The fraction of sp³-hybridized carbons (Fsp3) is 0.325. The summed E-state index contributed by atoms with van der Waals surface area (Å²) in [5.74, 6) is 0.482. The number of ether oxygens (including phenoxy) is 2. The van der Waals surface area contributed by atoms with Gasteiger partial charge in [-0.15, -0.1) is 5.10 Å². The van der Waals surface area contributed by atoms with Crippen LogP contribution in [0.5, 0.6) is 5.75 Å². The average molecular weight is 925 g/mol. The Bertz CT molecular complexity index is 2020. The van der Waals surface area contributed by atoms with E-state index in [1.807, 2.05) is 64.3 Å². The first-order valence-electron chi connectivity index (χ1n) is 17.3. The number of methoxy groups -OCH3 is 1. The third kappa shape index (κ3) is 6.68. The average Bonchev–Trinajstić information content (AvgIpc) is 3.78. The number of anilines is 1. The Labute approximate surface area is 327 Å². The monoisotopic (exact) mass is 924 g/mol. The van der Waals surface area contributed by atoms with Crippen molar-refractivity contribution in [2.75, 3.05) is 18.6 Å². The van der Waals surface area contributed by atoms with Crippen molar-refractivity contribution in [3.8, 4) is 5.75 Å². The molecule has 3 heterocycles. The summed E-state index contributed by atoms with van der Waals surface area (Å²) < 4.78 is 16.9. The number of aliphatic hydroxyl groups is 1. The number of fused-ring (bicyclic) bond motifs is 2. The predicted octanol–water partition coefficient (Wildman–Crippen LogP) is 7.47. The van der Waals surface area contributed by atoms with E-state index < -0.39 is 13.7 Å². The Balaban J connectivity index is 1.26. The van der Waals surface area contributed by atoms with Crippen molar-refractivity contribution in [3.63, 3.8) is 0 Å². The number of carbonyl (C=O) groups is 1. The van der Waals surface area contributed by atoms with Crippen molar-refractivity contribution in [2.45, 2.75) is 62.7 Å². The standard InChI is InChI=1S/C40H42I2N4O4Si/c1-26-38(51(3,4)32-16-14-31(49-2)15-17-32)37(19-20-45-24-35(43-44-45)33(25-47)28-10-6-5-7-11-28)50-40(26)34-22-30(42)13-18-36(34)46(39(40)48)23-27-9-8-12-29(41)21-27/h5-18,21-22,24,26,33,37-38,47H,19-20,23,25H2,1-4H3/t26-,33?,37+,38-,40+/m0/s1. The minimum atomic E-state index is -2.30. The van der Waals surface area contributed by atoms with Gasteiger partial charge in [0.25, 0.3) is 5.91 Å². The fourth-order valence-electron chi connectivity index (χ4n) is 8.43. The lowest BCUT2D eigenvalue weighted by Crippen LogP contribution is -2.51. The molecule has 1 spiro atoms. The SMILES string of the molecule is COc1ccc([Si](C)(C)[C@@H]2[C@@H](CCn3cc(C(CO)c4ccccc4)nn3)O[C@]3(C(=O)N(Cc4cccc(I)c4)c4ccc(I)cc43)[C@H]2C)cc1. The van der Waals surface area contributed by atoms with Crippen LogP contribution in [0, 0.1) is 13.1 Å². The van der Waals surface area contributed by atoms with Crippen LogP contribution in [0.1, 0.15) is 41.6 Å². The zero-order valence-electron chi connectivity index (χ0n) is 29.2. The molecule has 1 amide bonds. The van der Waals surface area contributed by atoms with Gasteiger partial charge in [0.1, 0.15) is 5.75 Å². The van der Waals surface area contributed by atoms with Crippen LogP contribution in [0.25, 0.3) is 0 Å². The van der Waals surface area contributed by atoms with Crippen LogP contribution < -0.4 is 14.8 Å². The fourth-order valence-corrected chi connectivity index (χ4v) is 13.6. The van der Waals surface area contributed by atoms with Gasteiger partial charge in [0, 0.05) is 31.4 Å². The number of benzene rings is 4. The largest absolute Gasteiger partial charge is 0.497 e. The van der Waals surface area contributed by atoms with Gasteiger partial charge in [-0.25, -0.2) is 0 Å². The Kier molecular flexibility index (Phi) is 10.5. The van der Waals surface area contributed by atoms with Gasteiger partial charge in [-0.2, -0.15) is 0 Å². The quantitative estimate of drug-likeness (QED) is 0.109. The number of halogens is 2. The molecule has 8 nitrogen and oxygen atoms in total. The van der Waals surface area contributed by atoms with Crippen LogP contribution in [0.4, 0.5) is 5.69 Å². The molecule has 264 valence electrons. The molecule has 1 saturated heterocycles. The number of aromatic nitrogens is 3. The molecule has 0 saturated carbocycles. The molecule has 2 aliphatic rings. The van der Waals surface area contributed by atoms with Crippen LogP contribution in [0.2, 0.25) is 18.6 Å². The number of rotatable bonds is 11. The van der Waals surface area contributed by atoms with Crippen molar-refractivity contribution in [1.82, 2.24) is 15.0 Å². The van der Waals surface area contributed by atoms with Gasteiger partial charge in [0.05, 0.1) is 51.7 Å². The van der Waals surface area contributed by atoms with Crippen molar-refractivity contribution in [3.05, 3.63) is 133 Å². The maximum atomic E-state index is 15.1. The molecule has 7 rings (SSSR count). The maximum Gasteiger partial charge on any atom is 0.264 e. The lowest BCUT2D eigenvalue weighted by atomic mass is 9.82. The minimum absolute atomic E-state index is 0.00887. The van der Waals surface area contributed by atoms with Crippen LogP contribution in [0.15, 0.2) is 103 Å². The van der Waals surface area contributed by atoms with Gasteiger partial charge in [-0.1, -0.05) is 85.0 Å². The highest BCUT2D eigenvalue weighted by molar-refractivity contribution is 14.1. The van der Waals surface area contributed by atoms with Crippen molar-refractivity contribution in [1.29, 1.82) is 0 Å². The Morgan fingerprint density at radius 1 is 0.980 bits per heavy atom. The molecule has 51 heavy (non-hydrogen) atoms. The molecule has 11 heteroatoms. The van der Waals surface area contributed by atoms with Crippen LogP contribution in [-0.2, 0) is 28.2 Å². The Morgan fingerprint density at radius 3 is 2.43 bits per heavy atom. The number of hydrogen-bond donors (Lipinski definition) is 1. The van der Waals surface area contributed by atoms with Gasteiger partial charge in [0.2, 0.25) is 0 Å². The number of amides is 1. The molecule has 1 fully saturated rings. The molecular formula is C40H42I2N4O4Si. The summed E-state index contributed by atoms with van der Waals surface area (Å²) in [6, 6.07) is 33.0. The third-order valence-electron chi connectivity index (χ3n) is 11.0. The summed E-state index contributed by atoms with van der Waals surface area (Å²) in [4.78, 5) is 17.0. The normalized spacial score (nSPS) is 22.1. The van der Waals surface area contributed by atoms with E-state index in [4.69, 9.17) is 9.47 Å². The summed E-state index contributed by atoms with van der Waals surface area (Å²) in [6.45, 7) is 8.03. The number of aryl methyl sites for hydroxylation is 1. The van der Waals surface area contributed by atoms with E-state index in [-0.39, 0.29) is 36.0 Å². The predicted molar refractivity (Wildman–Crippen MR) is 219 cm³/mol. The minimum Gasteiger partial charge on any atom is -0.497 e. The Hall–Kier alpha value is -3.11. The van der Waals surface area contributed by atoms with Crippen molar-refractivity contribution < 1.29 is 19.4 Å². The zero-order valence-corrected chi connectivity index (χ0v) is 34.5. The van der Waals surface area contributed by atoms with Crippen LogP contribution in [0.3, 0.4) is 0 Å². The summed E-state index contributed by atoms with van der Waals surface area (Å²) in [6.07, 6.45) is 2.38. The summed E-state index contributed by atoms with van der Waals surface area (Å²) in [5.41, 5.74) is 3.68. The number of nitrogens with zero attached hydrogens (tertiary/aromatic N) is 4. The second-order valence-corrected chi connectivity index (χ2v) is 21.4. The first kappa shape index (κ1) is 36.3. The molecule has 1 unspecified atom stereocenters. The smallest absolute Gasteiger partial charge is 0.264 e. The molecule has 4 aromatic carbocycles. The molecule has 0 radical (unpaired) electrons. The van der Waals surface area contributed by atoms with Crippen molar-refractivity contribution in [2.24, 2.45) is 5.92 Å². The van der Waals surface area contributed by atoms with E-state index in [2.05, 4.69) is 124 Å². The molecule has 1 aromatic heterocycles. The van der Waals surface area contributed by atoms with Crippen LogP contribution in [-0.4, -0.2) is 53.9 Å². The summed E-state index contributed by atoms with van der Waals surface area (Å²) >= 11 is 4.68. The summed E-state index contributed by atoms with van der Waals surface area (Å²) in [5, 5.41) is 20.5. The Morgan fingerprint density at radius 2 is 1.73 bits per heavy atom. The highest BCUT2D eigenvalue weighted by Gasteiger charge is 2.66. The highest BCUT2D eigenvalue weighted by atomic mass is 127. The zero-order chi connectivity index (χ0) is 35.9. The van der Waals surface area contributed by atoms with Gasteiger partial charge in [-0.3, -0.25) is 9.48 Å². The first-order valence-corrected chi connectivity index (χ1v) is 22.5. The van der Waals surface area contributed by atoms with E-state index in [1.54, 1.807) is 7.11 Å². The summed E-state index contributed by atoms with van der Waals surface area (Å²) in [7, 11) is -0.614. The molecule has 0 aliphatic carbocycles. The lowest BCUT2D eigenvalue weighted by Gasteiger charge is -2.37. The molecule has 1 N–H and O–H groups in total. The van der Waals surface area contributed by atoms with Crippen LogP contribution >= 0.6 is 45.2 Å². The molecule has 2 aliphatic heterocycles. The second kappa shape index (κ2) is 14.7. The van der Waals surface area contributed by atoms with E-state index in [0.29, 0.717) is 19.5 Å². The number of aliphatic hydroxyl groups excluding tert-OH is 1. The highest BCUT2D eigenvalue weighted by Crippen LogP contribution is 2.60.